The lowest BCUT2D eigenvalue weighted by Crippen LogP contribution is -2.36. The van der Waals surface area contributed by atoms with Gasteiger partial charge in [0, 0.05) is 19.5 Å². The summed E-state index contributed by atoms with van der Waals surface area (Å²) in [7, 11) is 0. The van der Waals surface area contributed by atoms with E-state index >= 15 is 0 Å². The number of hydrogen-bond acceptors (Lipinski definition) is 5. The number of benzene rings is 1. The van der Waals surface area contributed by atoms with Crippen molar-refractivity contribution in [3.63, 3.8) is 0 Å². The molecule has 8 nitrogen and oxygen atoms in total. The molecule has 0 saturated heterocycles. The van der Waals surface area contributed by atoms with E-state index in [1.807, 2.05) is 18.2 Å². The van der Waals surface area contributed by atoms with E-state index in [-0.39, 0.29) is 11.8 Å². The molecular formula is C21H29N3O5. The van der Waals surface area contributed by atoms with Crippen LogP contribution >= 0.6 is 0 Å². The van der Waals surface area contributed by atoms with Crippen LogP contribution in [0.5, 0.6) is 0 Å². The van der Waals surface area contributed by atoms with Gasteiger partial charge in [0.15, 0.2) is 0 Å². The third-order valence-electron chi connectivity index (χ3n) is 5.15. The van der Waals surface area contributed by atoms with Crippen molar-refractivity contribution in [2.24, 2.45) is 10.9 Å². The van der Waals surface area contributed by atoms with Crippen molar-refractivity contribution in [1.29, 1.82) is 0 Å². The van der Waals surface area contributed by atoms with Gasteiger partial charge in [-0.25, -0.2) is 9.59 Å². The average molecular weight is 403 g/mol. The molecule has 0 bridgehead atoms. The van der Waals surface area contributed by atoms with Gasteiger partial charge in [0.25, 0.3) is 0 Å². The van der Waals surface area contributed by atoms with Crippen molar-refractivity contribution >= 4 is 23.7 Å². The summed E-state index contributed by atoms with van der Waals surface area (Å²) in [5.74, 6) is -1.96. The highest BCUT2D eigenvalue weighted by Crippen LogP contribution is 2.36. The molecule has 1 heterocycles. The molecule has 2 aliphatic rings. The lowest BCUT2D eigenvalue weighted by atomic mass is 9.76. The summed E-state index contributed by atoms with van der Waals surface area (Å²) < 4.78 is 0. The highest BCUT2D eigenvalue weighted by molar-refractivity contribution is 6.27. The van der Waals surface area contributed by atoms with Crippen LogP contribution in [0.15, 0.2) is 35.3 Å². The number of nitrogens with zero attached hydrogens (tertiary/aromatic N) is 1. The molecule has 1 aromatic rings. The van der Waals surface area contributed by atoms with E-state index in [0.717, 1.165) is 30.9 Å². The molecule has 158 valence electrons. The van der Waals surface area contributed by atoms with Gasteiger partial charge < -0.3 is 20.8 Å². The van der Waals surface area contributed by atoms with Crippen LogP contribution < -0.4 is 10.6 Å². The highest BCUT2D eigenvalue weighted by Gasteiger charge is 2.30. The minimum atomic E-state index is -1.82. The molecule has 1 unspecified atom stereocenters. The van der Waals surface area contributed by atoms with Gasteiger partial charge in [-0.1, -0.05) is 49.6 Å². The van der Waals surface area contributed by atoms with Crippen molar-refractivity contribution in [3.8, 4) is 0 Å². The molecule has 29 heavy (non-hydrogen) atoms. The normalized spacial score (nSPS) is 17.2. The van der Waals surface area contributed by atoms with Crippen molar-refractivity contribution in [1.82, 2.24) is 10.6 Å². The summed E-state index contributed by atoms with van der Waals surface area (Å²) in [4.78, 5) is 35.4. The molecule has 1 aromatic carbocycles. The predicted octanol–water partition coefficient (Wildman–Crippen LogP) is 2.01. The molecule has 0 radical (unpaired) electrons. The van der Waals surface area contributed by atoms with E-state index in [0.29, 0.717) is 12.5 Å². The van der Waals surface area contributed by atoms with Gasteiger partial charge in [0.2, 0.25) is 5.91 Å². The number of rotatable bonds is 6. The van der Waals surface area contributed by atoms with Gasteiger partial charge in [0.1, 0.15) is 0 Å². The number of amidine groups is 1. The number of carboxylic acid groups (broad SMARTS) is 2. The molecule has 1 atom stereocenters. The number of aliphatic imine (C=N–C) groups is 1. The van der Waals surface area contributed by atoms with Crippen LogP contribution in [0.2, 0.25) is 0 Å². The monoisotopic (exact) mass is 403 g/mol. The molecule has 8 heteroatoms. The number of nitrogens with one attached hydrogen (secondary N) is 2. The molecule has 1 fully saturated rings. The molecule has 1 saturated carbocycles. The van der Waals surface area contributed by atoms with Crippen molar-refractivity contribution in [3.05, 3.63) is 35.9 Å². The summed E-state index contributed by atoms with van der Waals surface area (Å²) in [6.45, 7) is 2.46. The Morgan fingerprint density at radius 1 is 1.07 bits per heavy atom. The minimum absolute atomic E-state index is 0.00465. The molecule has 0 spiro atoms. The van der Waals surface area contributed by atoms with Crippen LogP contribution in [0.4, 0.5) is 0 Å². The third kappa shape index (κ3) is 7.56. The van der Waals surface area contributed by atoms with Crippen LogP contribution in [0.25, 0.3) is 0 Å². The quantitative estimate of drug-likeness (QED) is 0.538. The Kier molecular flexibility index (Phi) is 9.14. The van der Waals surface area contributed by atoms with Gasteiger partial charge in [-0.15, -0.1) is 0 Å². The topological polar surface area (TPSA) is 128 Å². The van der Waals surface area contributed by atoms with Gasteiger partial charge in [-0.05, 0) is 24.3 Å². The number of carbonyl (C=O) groups excluding carboxylic acids is 1. The second-order valence-electron chi connectivity index (χ2n) is 7.19. The molecule has 1 aliphatic heterocycles. The van der Waals surface area contributed by atoms with E-state index in [4.69, 9.17) is 19.8 Å². The highest BCUT2D eigenvalue weighted by atomic mass is 16.4. The summed E-state index contributed by atoms with van der Waals surface area (Å²) in [5, 5.41) is 21.2. The Bertz CT molecular complexity index is 702. The zero-order chi connectivity index (χ0) is 21.1. The summed E-state index contributed by atoms with van der Waals surface area (Å²) in [5.41, 5.74) is 1.16. The van der Waals surface area contributed by atoms with Crippen LogP contribution in [-0.2, 0) is 14.4 Å². The molecule has 1 aliphatic carbocycles. The van der Waals surface area contributed by atoms with E-state index in [9.17, 15) is 4.79 Å². The largest absolute Gasteiger partial charge is 0.473 e. The fourth-order valence-electron chi connectivity index (χ4n) is 3.79. The van der Waals surface area contributed by atoms with Crippen molar-refractivity contribution in [2.45, 2.75) is 44.4 Å². The predicted molar refractivity (Wildman–Crippen MR) is 109 cm³/mol. The standard InChI is InChI=1S/C19H27N3O.C2H2O4/c23-19(22-12-11-17-20-13-14-21-17)18(15-7-3-1-4-8-15)16-9-5-2-6-10-16;3-1(4)2(5)6/h1,3-4,7-8,16,18H,2,5-6,9-14H2,(H,20,21)(H,22,23);(H,3,4)(H,5,6). The lowest BCUT2D eigenvalue weighted by molar-refractivity contribution is -0.159. The van der Waals surface area contributed by atoms with Gasteiger partial charge in [-0.3, -0.25) is 9.79 Å². The zero-order valence-corrected chi connectivity index (χ0v) is 16.5. The van der Waals surface area contributed by atoms with Gasteiger partial charge in [0.05, 0.1) is 18.3 Å². The Hall–Kier alpha value is -2.90. The molecule has 4 N–H and O–H groups in total. The first-order valence-electron chi connectivity index (χ1n) is 10.0. The first kappa shape index (κ1) is 22.4. The summed E-state index contributed by atoms with van der Waals surface area (Å²) >= 11 is 0. The van der Waals surface area contributed by atoms with Crippen LogP contribution in [0.1, 0.15) is 50.0 Å². The number of aliphatic carboxylic acids is 2. The first-order valence-corrected chi connectivity index (χ1v) is 10.0. The zero-order valence-electron chi connectivity index (χ0n) is 16.5. The maximum absolute atomic E-state index is 12.8. The Morgan fingerprint density at radius 2 is 1.72 bits per heavy atom. The Morgan fingerprint density at radius 3 is 2.28 bits per heavy atom. The smallest absolute Gasteiger partial charge is 0.414 e. The number of hydrogen-bond donors (Lipinski definition) is 4. The number of amides is 1. The van der Waals surface area contributed by atoms with E-state index < -0.39 is 11.9 Å². The second-order valence-corrected chi connectivity index (χ2v) is 7.19. The second kappa shape index (κ2) is 11.8. The fourth-order valence-corrected chi connectivity index (χ4v) is 3.79. The Labute approximate surface area is 170 Å². The maximum atomic E-state index is 12.8. The van der Waals surface area contributed by atoms with Crippen molar-refractivity contribution < 1.29 is 24.6 Å². The summed E-state index contributed by atoms with van der Waals surface area (Å²) in [6, 6.07) is 10.3. The molecule has 1 amide bonds. The molecular weight excluding hydrogens is 374 g/mol. The van der Waals surface area contributed by atoms with Crippen LogP contribution in [0.3, 0.4) is 0 Å². The molecule has 0 aromatic heterocycles. The number of carboxylic acids is 2. The fraction of sp³-hybridized carbons (Fsp3) is 0.524. The van der Waals surface area contributed by atoms with Gasteiger partial charge in [-0.2, -0.15) is 0 Å². The summed E-state index contributed by atoms with van der Waals surface area (Å²) in [6.07, 6.45) is 6.95. The van der Waals surface area contributed by atoms with E-state index in [1.165, 1.54) is 32.1 Å². The Balaban J connectivity index is 0.000000438. The van der Waals surface area contributed by atoms with E-state index in [1.54, 1.807) is 0 Å². The van der Waals surface area contributed by atoms with E-state index in [2.05, 4.69) is 27.8 Å². The van der Waals surface area contributed by atoms with Crippen LogP contribution in [0, 0.1) is 5.92 Å². The lowest BCUT2D eigenvalue weighted by Gasteiger charge is -2.29. The van der Waals surface area contributed by atoms with Crippen molar-refractivity contribution in [2.75, 3.05) is 19.6 Å². The maximum Gasteiger partial charge on any atom is 0.414 e. The minimum Gasteiger partial charge on any atom is -0.473 e. The molecule has 3 rings (SSSR count). The van der Waals surface area contributed by atoms with Gasteiger partial charge >= 0.3 is 11.9 Å². The SMILES string of the molecule is O=C(NCCC1=NCCN1)C(c1ccccc1)C1CCCCC1.O=C(O)C(=O)O. The average Bonchev–Trinajstić information content (AvgIpc) is 3.24. The number of carbonyl (C=O) groups is 3. The first-order chi connectivity index (χ1) is 14.0. The van der Waals surface area contributed by atoms with Crippen LogP contribution in [-0.4, -0.2) is 53.5 Å². The third-order valence-corrected chi connectivity index (χ3v) is 5.15.